The van der Waals surface area contributed by atoms with Crippen molar-refractivity contribution >= 4 is 28.9 Å². The van der Waals surface area contributed by atoms with Gasteiger partial charge in [0.2, 0.25) is 0 Å². The van der Waals surface area contributed by atoms with E-state index in [1.807, 2.05) is 66.7 Å². The van der Waals surface area contributed by atoms with E-state index >= 15 is 0 Å². The first-order chi connectivity index (χ1) is 18.7. The summed E-state index contributed by atoms with van der Waals surface area (Å²) >= 11 is 0. The van der Waals surface area contributed by atoms with E-state index in [9.17, 15) is 4.79 Å². The van der Waals surface area contributed by atoms with Gasteiger partial charge in [0.25, 0.3) is 11.8 Å². The fraction of sp³-hybridized carbons (Fsp3) is 0.172. The topological polar surface area (TPSA) is 105 Å². The Hall–Kier alpha value is -4.94. The Morgan fingerprint density at radius 1 is 1.05 bits per heavy atom. The van der Waals surface area contributed by atoms with Crippen molar-refractivity contribution < 1.29 is 13.9 Å². The maximum atomic E-state index is 13.2. The molecule has 2 aromatic heterocycles. The van der Waals surface area contributed by atoms with Crippen molar-refractivity contribution in [3.05, 3.63) is 89.6 Å². The third-order valence-corrected chi connectivity index (χ3v) is 6.47. The molecule has 2 N–H and O–H groups in total. The molecule has 1 saturated heterocycles. The zero-order chi connectivity index (χ0) is 25.9. The number of fused-ring (bicyclic) bond motifs is 1. The van der Waals surface area contributed by atoms with Crippen LogP contribution in [-0.2, 0) is 9.53 Å². The summed E-state index contributed by atoms with van der Waals surface area (Å²) in [5.41, 5.74) is 5.53. The number of carbonyl (C=O) groups is 1. The number of hydrogen-bond donors (Lipinski definition) is 2. The summed E-state index contributed by atoms with van der Waals surface area (Å²) in [7, 11) is 0. The highest BCUT2D eigenvalue weighted by Gasteiger charge is 2.27. The van der Waals surface area contributed by atoms with Gasteiger partial charge in [0.15, 0.2) is 5.69 Å². The van der Waals surface area contributed by atoms with Crippen LogP contribution in [0.3, 0.4) is 0 Å². The molecular formula is C29H24N6O3. The van der Waals surface area contributed by atoms with Crippen molar-refractivity contribution in [2.24, 2.45) is 0 Å². The van der Waals surface area contributed by atoms with E-state index < -0.39 is 6.04 Å². The predicted octanol–water partition coefficient (Wildman–Crippen LogP) is 3.81. The summed E-state index contributed by atoms with van der Waals surface area (Å²) in [6.07, 6.45) is 9.09. The summed E-state index contributed by atoms with van der Waals surface area (Å²) in [5, 5.41) is 14.5. The van der Waals surface area contributed by atoms with Crippen LogP contribution in [0.5, 0.6) is 0 Å². The number of para-hydroxylation sites is 1. The van der Waals surface area contributed by atoms with Gasteiger partial charge >= 0.3 is 6.01 Å². The molecule has 6 rings (SSSR count). The highest BCUT2D eigenvalue weighted by molar-refractivity contribution is 6.05. The van der Waals surface area contributed by atoms with Crippen LogP contribution in [0.1, 0.15) is 16.7 Å². The van der Waals surface area contributed by atoms with Gasteiger partial charge in [-0.3, -0.25) is 4.79 Å². The number of pyridine rings is 1. The van der Waals surface area contributed by atoms with Crippen LogP contribution >= 0.6 is 0 Å². The lowest BCUT2D eigenvalue weighted by Crippen LogP contribution is -2.36. The average Bonchev–Trinajstić information content (AvgIpc) is 3.39. The second-order valence-electron chi connectivity index (χ2n) is 8.85. The van der Waals surface area contributed by atoms with E-state index in [1.165, 1.54) is 0 Å². The van der Waals surface area contributed by atoms with Gasteiger partial charge in [-0.2, -0.15) is 0 Å². The van der Waals surface area contributed by atoms with E-state index in [1.54, 1.807) is 6.20 Å². The molecule has 2 aliphatic rings. The maximum absolute atomic E-state index is 13.2. The third kappa shape index (κ3) is 4.61. The smallest absolute Gasteiger partial charge is 0.316 e. The zero-order valence-electron chi connectivity index (χ0n) is 20.4. The van der Waals surface area contributed by atoms with E-state index in [0.717, 1.165) is 28.1 Å². The first-order valence-electron chi connectivity index (χ1n) is 12.3. The molecule has 1 fully saturated rings. The molecule has 38 heavy (non-hydrogen) atoms. The molecule has 188 valence electrons. The molecular weight excluding hydrogens is 480 g/mol. The molecule has 0 aliphatic carbocycles. The highest BCUT2D eigenvalue weighted by Crippen LogP contribution is 2.34. The van der Waals surface area contributed by atoms with Crippen LogP contribution in [0.2, 0.25) is 0 Å². The van der Waals surface area contributed by atoms with E-state index in [4.69, 9.17) is 15.6 Å². The average molecular weight is 505 g/mol. The summed E-state index contributed by atoms with van der Waals surface area (Å²) in [5.74, 6) is 2.61. The molecule has 9 heteroatoms. The largest absolute Gasteiger partial charge is 0.402 e. The van der Waals surface area contributed by atoms with Gasteiger partial charge in [-0.1, -0.05) is 59.6 Å². The number of anilines is 3. The van der Waals surface area contributed by atoms with Gasteiger partial charge < -0.3 is 24.7 Å². The Kier molecular flexibility index (Phi) is 6.30. The molecule has 4 heterocycles. The number of nitrogens with one attached hydrogen (secondary N) is 2. The van der Waals surface area contributed by atoms with Gasteiger partial charge in [0.05, 0.1) is 18.9 Å². The lowest BCUT2D eigenvalue weighted by molar-refractivity contribution is -0.116. The van der Waals surface area contributed by atoms with Gasteiger partial charge in [-0.15, -0.1) is 11.5 Å². The zero-order valence-corrected chi connectivity index (χ0v) is 20.4. The number of morpholine rings is 1. The molecule has 1 atom stereocenters. The molecule has 0 radical (unpaired) electrons. The van der Waals surface area contributed by atoms with Crippen LogP contribution in [0.4, 0.5) is 17.4 Å². The third-order valence-electron chi connectivity index (χ3n) is 6.47. The van der Waals surface area contributed by atoms with Crippen LogP contribution in [0.15, 0.2) is 77.4 Å². The lowest BCUT2D eigenvalue weighted by atomic mass is 9.96. The van der Waals surface area contributed by atoms with Crippen LogP contribution in [0, 0.1) is 12.3 Å². The Balaban J connectivity index is 1.33. The van der Waals surface area contributed by atoms with E-state index in [2.05, 4.69) is 36.6 Å². The number of benzene rings is 2. The second kappa shape index (κ2) is 10.2. The minimum Gasteiger partial charge on any atom is -0.402 e. The van der Waals surface area contributed by atoms with Crippen molar-refractivity contribution in [3.63, 3.8) is 0 Å². The van der Waals surface area contributed by atoms with Crippen LogP contribution in [0.25, 0.3) is 17.2 Å². The fourth-order valence-corrected chi connectivity index (χ4v) is 4.60. The van der Waals surface area contributed by atoms with Gasteiger partial charge in [0.1, 0.15) is 6.04 Å². The first kappa shape index (κ1) is 23.5. The molecule has 2 aromatic carbocycles. The molecule has 1 amide bonds. The van der Waals surface area contributed by atoms with Gasteiger partial charge in [0, 0.05) is 36.1 Å². The van der Waals surface area contributed by atoms with Crippen molar-refractivity contribution in [1.82, 2.24) is 15.2 Å². The molecule has 1 unspecified atom stereocenters. The minimum atomic E-state index is -0.763. The van der Waals surface area contributed by atoms with Gasteiger partial charge in [-0.25, -0.2) is 4.98 Å². The minimum absolute atomic E-state index is 0.102. The lowest BCUT2D eigenvalue weighted by Gasteiger charge is -2.29. The molecule has 9 nitrogen and oxygen atoms in total. The molecule has 0 spiro atoms. The van der Waals surface area contributed by atoms with E-state index in [-0.39, 0.29) is 17.8 Å². The molecule has 4 aromatic rings. The van der Waals surface area contributed by atoms with Crippen molar-refractivity contribution in [2.75, 3.05) is 41.8 Å². The van der Waals surface area contributed by atoms with Crippen LogP contribution in [-0.4, -0.2) is 53.4 Å². The SMILES string of the molecule is C#Cc1cnc(-c2nnc(NC3C=C(c4ccccc4)c4ccccc4NC3=O)o2)c(N2CCOCC2)c1. The Morgan fingerprint density at radius 2 is 1.84 bits per heavy atom. The number of aromatic nitrogens is 3. The summed E-state index contributed by atoms with van der Waals surface area (Å²) in [6.45, 7) is 2.59. The van der Waals surface area contributed by atoms with E-state index in [0.29, 0.717) is 37.6 Å². The monoisotopic (exact) mass is 504 g/mol. The van der Waals surface area contributed by atoms with Crippen LogP contribution < -0.4 is 15.5 Å². The Bertz CT molecular complexity index is 1550. The second-order valence-corrected chi connectivity index (χ2v) is 8.85. The van der Waals surface area contributed by atoms with Crippen molar-refractivity contribution in [1.29, 1.82) is 0 Å². The Morgan fingerprint density at radius 3 is 2.66 bits per heavy atom. The highest BCUT2D eigenvalue weighted by atomic mass is 16.5. The molecule has 2 aliphatic heterocycles. The number of terminal acetylenes is 1. The Labute approximate surface area is 219 Å². The molecule has 0 saturated carbocycles. The summed E-state index contributed by atoms with van der Waals surface area (Å²) in [6, 6.07) is 18.9. The number of ether oxygens (including phenoxy) is 1. The number of hydrogen-bond acceptors (Lipinski definition) is 8. The van der Waals surface area contributed by atoms with Crippen molar-refractivity contribution in [2.45, 2.75) is 6.04 Å². The van der Waals surface area contributed by atoms with Crippen molar-refractivity contribution in [3.8, 4) is 23.9 Å². The molecule has 0 bridgehead atoms. The fourth-order valence-electron chi connectivity index (χ4n) is 4.60. The standard InChI is InChI=1S/C29H24N6O3/c1-2-19-16-25(35-12-14-37-15-13-35)26(30-18-19)28-33-34-29(38-28)32-24-17-22(20-8-4-3-5-9-20)21-10-6-7-11-23(21)31-27(24)36/h1,3-11,16-18,24H,12-15H2,(H,31,36)(H,32,34). The maximum Gasteiger partial charge on any atom is 0.316 e. The summed E-state index contributed by atoms with van der Waals surface area (Å²) in [4.78, 5) is 19.9. The quantitative estimate of drug-likeness (QED) is 0.396. The summed E-state index contributed by atoms with van der Waals surface area (Å²) < 4.78 is 11.5. The number of amides is 1. The first-order valence-corrected chi connectivity index (χ1v) is 12.3. The predicted molar refractivity (Wildman–Crippen MR) is 144 cm³/mol. The normalized spacial score (nSPS) is 17.0. The number of carbonyl (C=O) groups excluding carboxylic acids is 1. The van der Waals surface area contributed by atoms with Gasteiger partial charge in [-0.05, 0) is 29.3 Å². The number of nitrogens with zero attached hydrogens (tertiary/aromatic N) is 4. The number of rotatable bonds is 5.